The first kappa shape index (κ1) is 17.3. The summed E-state index contributed by atoms with van der Waals surface area (Å²) in [6.45, 7) is 8.51. The highest BCUT2D eigenvalue weighted by atomic mass is 16.2. The Kier molecular flexibility index (Phi) is 4.38. The van der Waals surface area contributed by atoms with Crippen LogP contribution in [0.4, 0.5) is 4.79 Å². The predicted molar refractivity (Wildman–Crippen MR) is 98.1 cm³/mol. The minimum absolute atomic E-state index is 0.265. The van der Waals surface area contributed by atoms with Crippen LogP contribution < -0.4 is 5.32 Å². The summed E-state index contributed by atoms with van der Waals surface area (Å²) in [5, 5.41) is 2.43. The molecular weight excluding hydrogens is 332 g/mol. The Morgan fingerprint density at radius 2 is 1.81 bits per heavy atom. The van der Waals surface area contributed by atoms with Crippen molar-refractivity contribution in [1.82, 2.24) is 24.9 Å². The van der Waals surface area contributed by atoms with Crippen LogP contribution in [0, 0.1) is 0 Å². The van der Waals surface area contributed by atoms with Crippen molar-refractivity contribution in [2.75, 3.05) is 33.2 Å². The SMILES string of the molecule is CC1=C(C)N2C(=NC3C2C(=O)NC(=O)N3C)N1CCCN1CCCCC1. The second-order valence-electron chi connectivity index (χ2n) is 7.64. The number of guanidine groups is 1. The van der Waals surface area contributed by atoms with E-state index in [0.29, 0.717) is 0 Å². The number of rotatable bonds is 4. The smallest absolute Gasteiger partial charge is 0.314 e. The average molecular weight is 360 g/mol. The summed E-state index contributed by atoms with van der Waals surface area (Å²) in [5.41, 5.74) is 2.19. The third-order valence-corrected chi connectivity index (χ3v) is 6.08. The molecule has 3 amide bonds. The van der Waals surface area contributed by atoms with Crippen LogP contribution in [0.1, 0.15) is 39.5 Å². The standard InChI is InChI=1S/C18H28N6O2/c1-12-13(2)24-14-15(21(3)18(26)20-16(14)25)19-17(24)23(12)11-7-10-22-8-5-4-6-9-22/h14-15H,4-11H2,1-3H3,(H,20,25,26). The number of fused-ring (bicyclic) bond motifs is 3. The molecule has 26 heavy (non-hydrogen) atoms. The lowest BCUT2D eigenvalue weighted by atomic mass is 10.1. The topological polar surface area (TPSA) is 71.5 Å². The molecule has 4 aliphatic rings. The van der Waals surface area contributed by atoms with Gasteiger partial charge in [-0.15, -0.1) is 0 Å². The van der Waals surface area contributed by atoms with E-state index in [-0.39, 0.29) is 11.9 Å². The normalized spacial score (nSPS) is 29.2. The number of imide groups is 1. The zero-order valence-corrected chi connectivity index (χ0v) is 15.9. The van der Waals surface area contributed by atoms with Crippen LogP contribution in [-0.2, 0) is 4.79 Å². The first-order valence-corrected chi connectivity index (χ1v) is 9.61. The number of urea groups is 1. The first-order valence-electron chi connectivity index (χ1n) is 9.61. The molecule has 0 spiro atoms. The van der Waals surface area contributed by atoms with E-state index in [9.17, 15) is 9.59 Å². The second-order valence-corrected chi connectivity index (χ2v) is 7.64. The van der Waals surface area contributed by atoms with Gasteiger partial charge in [0.15, 0.2) is 12.2 Å². The van der Waals surface area contributed by atoms with Gasteiger partial charge in [-0.2, -0.15) is 0 Å². The number of nitrogens with zero attached hydrogens (tertiary/aromatic N) is 5. The molecule has 2 unspecified atom stereocenters. The van der Waals surface area contributed by atoms with E-state index in [1.54, 1.807) is 7.05 Å². The maximum Gasteiger partial charge on any atom is 0.325 e. The predicted octanol–water partition coefficient (Wildman–Crippen LogP) is 0.977. The number of piperidine rings is 1. The van der Waals surface area contributed by atoms with E-state index in [2.05, 4.69) is 22.0 Å². The fourth-order valence-corrected chi connectivity index (χ4v) is 4.43. The molecule has 1 N–H and O–H groups in total. The van der Waals surface area contributed by atoms with Crippen LogP contribution in [0.5, 0.6) is 0 Å². The van der Waals surface area contributed by atoms with Crippen LogP contribution in [0.2, 0.25) is 0 Å². The molecule has 0 bridgehead atoms. The van der Waals surface area contributed by atoms with Crippen molar-refractivity contribution < 1.29 is 9.59 Å². The van der Waals surface area contributed by atoms with E-state index in [4.69, 9.17) is 4.99 Å². The molecule has 2 saturated heterocycles. The average Bonchev–Trinajstić information content (AvgIpc) is 3.13. The van der Waals surface area contributed by atoms with E-state index in [1.165, 1.54) is 37.3 Å². The molecule has 0 aliphatic carbocycles. The number of likely N-dealkylation sites (tertiary alicyclic amines) is 1. The van der Waals surface area contributed by atoms with E-state index in [0.717, 1.165) is 36.9 Å². The minimum Gasteiger partial charge on any atom is -0.314 e. The van der Waals surface area contributed by atoms with Crippen molar-refractivity contribution in [3.05, 3.63) is 11.4 Å². The Labute approximate surface area is 154 Å². The van der Waals surface area contributed by atoms with Gasteiger partial charge >= 0.3 is 6.03 Å². The van der Waals surface area contributed by atoms with Crippen LogP contribution in [0.25, 0.3) is 0 Å². The van der Waals surface area contributed by atoms with Crippen LogP contribution in [0.15, 0.2) is 16.4 Å². The third-order valence-electron chi connectivity index (χ3n) is 6.08. The lowest BCUT2D eigenvalue weighted by molar-refractivity contribution is -0.126. The van der Waals surface area contributed by atoms with Gasteiger partial charge in [0.05, 0.1) is 0 Å². The molecule has 142 valence electrons. The van der Waals surface area contributed by atoms with Gasteiger partial charge in [0.1, 0.15) is 0 Å². The second kappa shape index (κ2) is 6.57. The molecule has 0 radical (unpaired) electrons. The summed E-state index contributed by atoms with van der Waals surface area (Å²) < 4.78 is 0. The number of hydrogen-bond donors (Lipinski definition) is 1. The van der Waals surface area contributed by atoms with Gasteiger partial charge in [0, 0.05) is 25.0 Å². The molecular formula is C18H28N6O2. The molecule has 2 atom stereocenters. The first-order chi connectivity index (χ1) is 12.5. The van der Waals surface area contributed by atoms with Gasteiger partial charge in [0.2, 0.25) is 5.96 Å². The summed E-state index contributed by atoms with van der Waals surface area (Å²) in [6.07, 6.45) is 4.58. The van der Waals surface area contributed by atoms with Crippen molar-refractivity contribution in [1.29, 1.82) is 0 Å². The summed E-state index contributed by atoms with van der Waals surface area (Å²) in [5.74, 6) is 0.546. The van der Waals surface area contributed by atoms with E-state index < -0.39 is 12.2 Å². The largest absolute Gasteiger partial charge is 0.325 e. The molecule has 8 heteroatoms. The minimum atomic E-state index is -0.463. The van der Waals surface area contributed by atoms with Crippen molar-refractivity contribution in [2.45, 2.75) is 51.7 Å². The lowest BCUT2D eigenvalue weighted by Crippen LogP contribution is -2.63. The van der Waals surface area contributed by atoms with Crippen LogP contribution in [-0.4, -0.2) is 82.9 Å². The highest BCUT2D eigenvalue weighted by Crippen LogP contribution is 2.36. The Bertz CT molecular complexity index is 681. The summed E-state index contributed by atoms with van der Waals surface area (Å²) in [6, 6.07) is -0.841. The molecule has 0 aromatic rings. The number of nitrogens with one attached hydrogen (secondary N) is 1. The molecule has 4 rings (SSSR count). The number of carbonyl (C=O) groups is 2. The number of carbonyl (C=O) groups excluding carboxylic acids is 2. The Morgan fingerprint density at radius 3 is 2.54 bits per heavy atom. The van der Waals surface area contributed by atoms with Gasteiger partial charge in [-0.25, -0.2) is 9.79 Å². The fraction of sp³-hybridized carbons (Fsp3) is 0.722. The van der Waals surface area contributed by atoms with Crippen molar-refractivity contribution >= 4 is 17.9 Å². The number of aliphatic imine (C=N–C) groups is 1. The Hall–Kier alpha value is -2.09. The van der Waals surface area contributed by atoms with Crippen LogP contribution >= 0.6 is 0 Å². The van der Waals surface area contributed by atoms with E-state index in [1.807, 2.05) is 11.8 Å². The lowest BCUT2D eigenvalue weighted by Gasteiger charge is -2.35. The summed E-state index contributed by atoms with van der Waals surface area (Å²) in [4.78, 5) is 37.4. The van der Waals surface area contributed by atoms with Crippen LogP contribution in [0.3, 0.4) is 0 Å². The van der Waals surface area contributed by atoms with Gasteiger partial charge in [-0.1, -0.05) is 6.42 Å². The van der Waals surface area contributed by atoms with Gasteiger partial charge in [-0.05, 0) is 52.7 Å². The monoisotopic (exact) mass is 360 g/mol. The number of allylic oxidation sites excluding steroid dienone is 2. The number of likely N-dealkylation sites (N-methyl/N-ethyl adjacent to an activating group) is 1. The molecule has 0 aromatic heterocycles. The number of hydrogen-bond acceptors (Lipinski definition) is 6. The fourth-order valence-electron chi connectivity index (χ4n) is 4.43. The number of amides is 3. The highest BCUT2D eigenvalue weighted by molar-refractivity contribution is 6.05. The van der Waals surface area contributed by atoms with Crippen molar-refractivity contribution in [3.8, 4) is 0 Å². The molecule has 4 heterocycles. The highest BCUT2D eigenvalue weighted by Gasteiger charge is 2.52. The Morgan fingerprint density at radius 1 is 1.08 bits per heavy atom. The zero-order valence-electron chi connectivity index (χ0n) is 15.9. The molecule has 0 aromatic carbocycles. The van der Waals surface area contributed by atoms with Gasteiger partial charge in [-0.3, -0.25) is 15.0 Å². The molecule has 8 nitrogen and oxygen atoms in total. The maximum absolute atomic E-state index is 12.4. The van der Waals surface area contributed by atoms with Crippen molar-refractivity contribution in [2.24, 2.45) is 4.99 Å². The van der Waals surface area contributed by atoms with Gasteiger partial charge < -0.3 is 14.7 Å². The maximum atomic E-state index is 12.4. The zero-order chi connectivity index (χ0) is 18.4. The molecule has 2 fully saturated rings. The quantitative estimate of drug-likeness (QED) is 0.809. The van der Waals surface area contributed by atoms with Crippen molar-refractivity contribution in [3.63, 3.8) is 0 Å². The molecule has 0 saturated carbocycles. The Balaban J connectivity index is 1.48. The summed E-state index contributed by atoms with van der Waals surface area (Å²) >= 11 is 0. The summed E-state index contributed by atoms with van der Waals surface area (Å²) in [7, 11) is 1.69. The molecule has 4 aliphatic heterocycles. The van der Waals surface area contributed by atoms with E-state index >= 15 is 0 Å². The third kappa shape index (κ3) is 2.67. The van der Waals surface area contributed by atoms with Gasteiger partial charge in [0.25, 0.3) is 5.91 Å².